The number of ether oxygens (including phenoxy) is 1. The van der Waals surface area contributed by atoms with Crippen LogP contribution in [0.25, 0.3) is 16.9 Å². The number of amides is 2. The van der Waals surface area contributed by atoms with Gasteiger partial charge in [-0.15, -0.1) is 0 Å². The van der Waals surface area contributed by atoms with Crippen LogP contribution >= 0.6 is 11.6 Å². The molecule has 1 fully saturated rings. The molecule has 0 atom stereocenters. The molecule has 15 heteroatoms. The van der Waals surface area contributed by atoms with Gasteiger partial charge in [-0.25, -0.2) is 9.50 Å². The minimum atomic E-state index is -3.12. The van der Waals surface area contributed by atoms with Gasteiger partial charge in [0.25, 0.3) is 5.91 Å². The number of likely N-dealkylation sites (tertiary alicyclic amines) is 1. The van der Waals surface area contributed by atoms with Crippen molar-refractivity contribution in [1.29, 1.82) is 0 Å². The van der Waals surface area contributed by atoms with Crippen LogP contribution in [-0.2, 0) is 17.8 Å². The van der Waals surface area contributed by atoms with E-state index in [1.165, 1.54) is 46.0 Å². The number of aromatic hydroxyl groups is 1. The minimum Gasteiger partial charge on any atom is -0.508 e. The highest BCUT2D eigenvalue weighted by molar-refractivity contribution is 6.31. The highest BCUT2D eigenvalue weighted by Crippen LogP contribution is 2.37. The molecule has 0 unspecified atom stereocenters. The summed E-state index contributed by atoms with van der Waals surface area (Å²) < 4.78 is 34.2. The van der Waals surface area contributed by atoms with Gasteiger partial charge in [-0.05, 0) is 68.3 Å². The number of hydrogen-bond acceptors (Lipinski definition) is 8. The summed E-state index contributed by atoms with van der Waals surface area (Å²) in [4.78, 5) is 35.1. The summed E-state index contributed by atoms with van der Waals surface area (Å²) >= 11 is 6.23. The molecule has 0 spiro atoms. The van der Waals surface area contributed by atoms with Crippen molar-refractivity contribution in [3.63, 3.8) is 0 Å². The summed E-state index contributed by atoms with van der Waals surface area (Å²) in [6.45, 7) is -1.29. The first kappa shape index (κ1) is 32.8. The molecule has 6 rings (SSSR count). The Balaban J connectivity index is 1.17. The van der Waals surface area contributed by atoms with Crippen LogP contribution in [-0.4, -0.2) is 90.4 Å². The van der Waals surface area contributed by atoms with E-state index in [4.69, 9.17) is 16.3 Å². The van der Waals surface area contributed by atoms with E-state index in [1.54, 1.807) is 29.3 Å². The zero-order chi connectivity index (χ0) is 33.8. The van der Waals surface area contributed by atoms with Gasteiger partial charge in [0.1, 0.15) is 29.3 Å². The monoisotopic (exact) mass is 678 g/mol. The Morgan fingerprint density at radius 1 is 1.17 bits per heavy atom. The molecule has 0 aliphatic carbocycles. The van der Waals surface area contributed by atoms with Gasteiger partial charge in [-0.3, -0.25) is 14.3 Å². The van der Waals surface area contributed by atoms with E-state index in [9.17, 15) is 23.5 Å². The molecular formula is C33H33ClF2N8O4. The number of anilines is 1. The average molecular weight is 679 g/mol. The van der Waals surface area contributed by atoms with Crippen molar-refractivity contribution < 1.29 is 28.2 Å². The van der Waals surface area contributed by atoms with Crippen LogP contribution < -0.4 is 10.1 Å². The zero-order valence-corrected chi connectivity index (χ0v) is 26.7. The van der Waals surface area contributed by atoms with Crippen molar-refractivity contribution in [2.45, 2.75) is 38.5 Å². The number of phenolic OH excluding ortho intramolecular Hbond substituents is 1. The number of phenols is 1. The Hall–Kier alpha value is -5.08. The lowest BCUT2D eigenvalue weighted by atomic mass is 10.0. The van der Waals surface area contributed by atoms with Crippen LogP contribution in [0.5, 0.6) is 11.5 Å². The fourth-order valence-electron chi connectivity index (χ4n) is 5.80. The van der Waals surface area contributed by atoms with Gasteiger partial charge in [0.15, 0.2) is 5.65 Å². The molecule has 0 radical (unpaired) electrons. The van der Waals surface area contributed by atoms with Crippen LogP contribution in [0.3, 0.4) is 0 Å². The summed E-state index contributed by atoms with van der Waals surface area (Å²) in [6.07, 6.45) is 8.46. The van der Waals surface area contributed by atoms with Crippen LogP contribution in [0.15, 0.2) is 73.3 Å². The van der Waals surface area contributed by atoms with Gasteiger partial charge >= 0.3 is 6.61 Å². The highest BCUT2D eigenvalue weighted by Gasteiger charge is 2.27. The number of carbonyl (C=O) groups is 2. The number of aromatic nitrogens is 5. The number of nitrogens with one attached hydrogen (secondary N) is 1. The molecule has 2 N–H and O–H groups in total. The van der Waals surface area contributed by atoms with Gasteiger partial charge in [-0.2, -0.15) is 19.0 Å². The van der Waals surface area contributed by atoms with Gasteiger partial charge in [0.2, 0.25) is 5.91 Å². The van der Waals surface area contributed by atoms with Gasteiger partial charge < -0.3 is 25.0 Å². The van der Waals surface area contributed by atoms with E-state index in [0.717, 1.165) is 31.4 Å². The number of benzene rings is 2. The van der Waals surface area contributed by atoms with Crippen LogP contribution in [0, 0.1) is 0 Å². The summed E-state index contributed by atoms with van der Waals surface area (Å²) in [7, 11) is 2.08. The van der Waals surface area contributed by atoms with E-state index >= 15 is 0 Å². The molecule has 2 aromatic carbocycles. The standard InChI is InChI=1S/C33H33ClF2N8O4/c1-41(14-9-21-3-6-24(45)7-4-21)23-10-15-42(16-11-23)29(46)20-43-19-27(39-32(47)26-18-38-44-13-2-12-37-31(26)44)30(40-43)25-17-22(34)5-8-28(25)48-33(35)36/h2-8,12-13,17-19,23,33,45H,9-11,14-16,20H2,1H3,(H,39,47). The fraction of sp³-hybridized carbons (Fsp3) is 0.303. The summed E-state index contributed by atoms with van der Waals surface area (Å²) in [5.41, 5.74) is 1.99. The Morgan fingerprint density at radius 3 is 2.69 bits per heavy atom. The normalized spacial score (nSPS) is 13.8. The Bertz CT molecular complexity index is 1910. The first-order chi connectivity index (χ1) is 23.1. The quantitative estimate of drug-likeness (QED) is 0.200. The van der Waals surface area contributed by atoms with Crippen molar-refractivity contribution in [2.24, 2.45) is 0 Å². The lowest BCUT2D eigenvalue weighted by Gasteiger charge is -2.36. The van der Waals surface area contributed by atoms with Crippen molar-refractivity contribution in [3.8, 4) is 22.8 Å². The van der Waals surface area contributed by atoms with Gasteiger partial charge in [0.05, 0.1) is 11.9 Å². The number of carbonyl (C=O) groups excluding carboxylic acids is 2. The zero-order valence-electron chi connectivity index (χ0n) is 26.0. The van der Waals surface area contributed by atoms with Crippen LogP contribution in [0.2, 0.25) is 5.02 Å². The Morgan fingerprint density at radius 2 is 1.94 bits per heavy atom. The maximum atomic E-state index is 13.4. The largest absolute Gasteiger partial charge is 0.508 e. The second-order valence-corrected chi connectivity index (χ2v) is 12.0. The number of nitrogens with zero attached hydrogens (tertiary/aromatic N) is 7. The van der Waals surface area contributed by atoms with Crippen LogP contribution in [0.4, 0.5) is 14.5 Å². The van der Waals surface area contributed by atoms with Gasteiger partial charge in [0, 0.05) is 54.9 Å². The first-order valence-corrected chi connectivity index (χ1v) is 15.7. The van der Waals surface area contributed by atoms with Crippen LogP contribution in [0.1, 0.15) is 28.8 Å². The molecule has 1 aliphatic heterocycles. The second-order valence-electron chi connectivity index (χ2n) is 11.5. The van der Waals surface area contributed by atoms with Crippen molar-refractivity contribution in [2.75, 3.05) is 32.0 Å². The third-order valence-corrected chi connectivity index (χ3v) is 8.61. The fourth-order valence-corrected chi connectivity index (χ4v) is 5.97. The molecule has 48 heavy (non-hydrogen) atoms. The molecule has 1 aliphatic rings. The predicted octanol–water partition coefficient (Wildman–Crippen LogP) is 4.97. The smallest absolute Gasteiger partial charge is 0.387 e. The second kappa shape index (κ2) is 14.4. The molecule has 1 saturated heterocycles. The summed E-state index contributed by atoms with van der Waals surface area (Å²) in [5, 5.41) is 21.2. The van der Waals surface area contributed by atoms with Crippen molar-refractivity contribution in [1.82, 2.24) is 34.2 Å². The molecule has 2 amide bonds. The number of likely N-dealkylation sites (N-methyl/N-ethyl adjacent to an activating group) is 1. The molecular weight excluding hydrogens is 646 g/mol. The van der Waals surface area contributed by atoms with Crippen molar-refractivity contribution >= 4 is 34.7 Å². The third kappa shape index (κ3) is 7.55. The summed E-state index contributed by atoms with van der Waals surface area (Å²) in [5.74, 6) is -0.692. The van der Waals surface area contributed by atoms with Gasteiger partial charge in [-0.1, -0.05) is 23.7 Å². The van der Waals surface area contributed by atoms with Crippen molar-refractivity contribution in [3.05, 3.63) is 89.5 Å². The number of piperidine rings is 1. The average Bonchev–Trinajstić information content (AvgIpc) is 3.69. The third-order valence-electron chi connectivity index (χ3n) is 8.37. The minimum absolute atomic E-state index is 0.0905. The maximum absolute atomic E-state index is 13.4. The lowest BCUT2D eigenvalue weighted by Crippen LogP contribution is -2.46. The topological polar surface area (TPSA) is 130 Å². The number of fused-ring (bicyclic) bond motifs is 1. The SMILES string of the molecule is CN(CCc1ccc(O)cc1)C1CCN(C(=O)Cn2cc(NC(=O)c3cnn4cccnc34)c(-c3cc(Cl)ccc3OC(F)F)n2)CC1. The lowest BCUT2D eigenvalue weighted by molar-refractivity contribution is -0.133. The molecule has 250 valence electrons. The molecule has 5 aromatic rings. The first-order valence-electron chi connectivity index (χ1n) is 15.3. The van der Waals surface area contributed by atoms with E-state index in [2.05, 4.69) is 32.4 Å². The van der Waals surface area contributed by atoms with E-state index in [-0.39, 0.29) is 51.5 Å². The molecule has 0 bridgehead atoms. The Kier molecular flexibility index (Phi) is 9.82. The number of hydrogen-bond donors (Lipinski definition) is 2. The number of halogens is 3. The molecule has 12 nitrogen and oxygen atoms in total. The maximum Gasteiger partial charge on any atom is 0.387 e. The number of rotatable bonds is 11. The van der Waals surface area contributed by atoms with E-state index in [0.29, 0.717) is 24.8 Å². The predicted molar refractivity (Wildman–Crippen MR) is 174 cm³/mol. The number of alkyl halides is 2. The Labute approximate surface area is 279 Å². The molecule has 4 heterocycles. The van der Waals surface area contributed by atoms with E-state index < -0.39 is 12.5 Å². The highest BCUT2D eigenvalue weighted by atomic mass is 35.5. The summed E-state index contributed by atoms with van der Waals surface area (Å²) in [6, 6.07) is 13.3. The molecule has 0 saturated carbocycles. The molecule has 3 aromatic heterocycles. The van der Waals surface area contributed by atoms with E-state index in [1.807, 2.05) is 12.1 Å².